The van der Waals surface area contributed by atoms with Gasteiger partial charge < -0.3 is 10.1 Å². The average molecular weight is 465 g/mol. The molecule has 2 fully saturated rings. The molecule has 0 spiro atoms. The number of unbranched alkanes of at least 4 members (excludes halogenated alkanes) is 3. The van der Waals surface area contributed by atoms with Crippen molar-refractivity contribution in [2.45, 2.75) is 83.6 Å². The fourth-order valence-electron chi connectivity index (χ4n) is 7.77. The molecule has 0 aromatic heterocycles. The molecule has 1 heterocycles. The van der Waals surface area contributed by atoms with Crippen LogP contribution in [0.4, 0.5) is 0 Å². The van der Waals surface area contributed by atoms with Crippen LogP contribution in [0.25, 0.3) is 0 Å². The number of rotatable bonds is 9. The van der Waals surface area contributed by atoms with E-state index in [-0.39, 0.29) is 11.8 Å². The van der Waals surface area contributed by atoms with E-state index in [4.69, 9.17) is 4.74 Å². The Balaban J connectivity index is 1.08. The maximum atomic E-state index is 11.6. The summed E-state index contributed by atoms with van der Waals surface area (Å²) < 4.78 is 5.48. The van der Waals surface area contributed by atoms with Crippen molar-refractivity contribution < 1.29 is 14.3 Å². The van der Waals surface area contributed by atoms with Crippen molar-refractivity contribution in [1.29, 1.82) is 0 Å². The second kappa shape index (κ2) is 9.87. The number of carbonyl (C=O) groups excluding carboxylic acids is 2. The molecule has 3 unspecified atom stereocenters. The van der Waals surface area contributed by atoms with Gasteiger partial charge in [-0.1, -0.05) is 31.1 Å². The Labute approximate surface area is 204 Å². The number of ether oxygens (including phenoxy) is 1. The highest BCUT2D eigenvalue weighted by Gasteiger charge is 2.54. The fourth-order valence-corrected chi connectivity index (χ4v) is 7.77. The Morgan fingerprint density at radius 2 is 1.88 bits per heavy atom. The number of carbonyl (C=O) groups is 2. The molecule has 184 valence electrons. The molecule has 2 amide bonds. The van der Waals surface area contributed by atoms with Crippen LogP contribution in [0.1, 0.15) is 77.6 Å². The number of fused-ring (bicyclic) bond motifs is 4. The van der Waals surface area contributed by atoms with Gasteiger partial charge in [0, 0.05) is 31.2 Å². The summed E-state index contributed by atoms with van der Waals surface area (Å²) in [5.74, 6) is 3.08. The molecule has 1 aliphatic heterocycles. The smallest absolute Gasteiger partial charge is 0.253 e. The largest absolute Gasteiger partial charge is 0.493 e. The Hall–Kier alpha value is -2.10. The number of amides is 2. The summed E-state index contributed by atoms with van der Waals surface area (Å²) in [4.78, 5) is 24.6. The molecule has 0 bridgehead atoms. The SMILES string of the molecule is COC1=C=CC2=C(CCC3C2CC[C@@]2(C)C3CC[C@@H]2NCCCCCCN2C(=O)C=CC2=O)C1. The third-order valence-electron chi connectivity index (χ3n) is 9.63. The lowest BCUT2D eigenvalue weighted by Gasteiger charge is -2.51. The van der Waals surface area contributed by atoms with Gasteiger partial charge in [-0.25, -0.2) is 0 Å². The van der Waals surface area contributed by atoms with E-state index in [1.807, 2.05) is 0 Å². The van der Waals surface area contributed by atoms with Gasteiger partial charge in [-0.05, 0) is 92.7 Å². The molecule has 0 radical (unpaired) electrons. The molecule has 4 aliphatic carbocycles. The van der Waals surface area contributed by atoms with Crippen LogP contribution in [0.2, 0.25) is 0 Å². The summed E-state index contributed by atoms with van der Waals surface area (Å²) in [6, 6.07) is 0.640. The predicted molar refractivity (Wildman–Crippen MR) is 133 cm³/mol. The van der Waals surface area contributed by atoms with Gasteiger partial charge >= 0.3 is 0 Å². The molecule has 5 heteroatoms. The van der Waals surface area contributed by atoms with Gasteiger partial charge in [0.25, 0.3) is 11.8 Å². The molecule has 5 rings (SSSR count). The lowest BCUT2D eigenvalue weighted by molar-refractivity contribution is -0.136. The molecule has 5 aliphatic rings. The Bertz CT molecular complexity index is 938. The van der Waals surface area contributed by atoms with Gasteiger partial charge in [-0.15, -0.1) is 0 Å². The summed E-state index contributed by atoms with van der Waals surface area (Å²) in [6.45, 7) is 4.20. The van der Waals surface area contributed by atoms with E-state index < -0.39 is 0 Å². The van der Waals surface area contributed by atoms with Crippen molar-refractivity contribution in [1.82, 2.24) is 10.2 Å². The van der Waals surface area contributed by atoms with Crippen LogP contribution >= 0.6 is 0 Å². The normalized spacial score (nSPS) is 34.3. The molecule has 1 N–H and O–H groups in total. The van der Waals surface area contributed by atoms with Crippen LogP contribution in [0.5, 0.6) is 0 Å². The summed E-state index contributed by atoms with van der Waals surface area (Å²) in [5, 5.41) is 3.95. The highest BCUT2D eigenvalue weighted by atomic mass is 16.5. The number of methoxy groups -OCH3 is 1. The quantitative estimate of drug-likeness (QED) is 0.295. The first-order chi connectivity index (χ1) is 16.5. The molecule has 0 saturated heterocycles. The zero-order chi connectivity index (χ0) is 23.7. The van der Waals surface area contributed by atoms with E-state index in [1.165, 1.54) is 62.0 Å². The van der Waals surface area contributed by atoms with Crippen molar-refractivity contribution in [3.8, 4) is 0 Å². The van der Waals surface area contributed by atoms with Crippen LogP contribution in [0.3, 0.4) is 0 Å². The number of hydrogen-bond donors (Lipinski definition) is 1. The van der Waals surface area contributed by atoms with Crippen LogP contribution in [0, 0.1) is 23.2 Å². The molecular weight excluding hydrogens is 424 g/mol. The maximum Gasteiger partial charge on any atom is 0.253 e. The van der Waals surface area contributed by atoms with Gasteiger partial charge in [0.15, 0.2) is 0 Å². The van der Waals surface area contributed by atoms with Crippen molar-refractivity contribution >= 4 is 11.8 Å². The van der Waals surface area contributed by atoms with Crippen LogP contribution in [-0.2, 0) is 14.3 Å². The third kappa shape index (κ3) is 4.33. The fraction of sp³-hybridized carbons (Fsp3) is 0.690. The van der Waals surface area contributed by atoms with E-state index in [1.54, 1.807) is 18.3 Å². The minimum Gasteiger partial charge on any atom is -0.493 e. The lowest BCUT2D eigenvalue weighted by atomic mass is 9.54. The molecule has 0 aromatic rings. The number of nitrogens with zero attached hydrogens (tertiary/aromatic N) is 1. The minimum absolute atomic E-state index is 0.161. The van der Waals surface area contributed by atoms with Crippen LogP contribution in [0.15, 0.2) is 40.9 Å². The lowest BCUT2D eigenvalue weighted by Crippen LogP contribution is -2.49. The van der Waals surface area contributed by atoms with Crippen molar-refractivity contribution in [3.05, 3.63) is 40.9 Å². The Kier molecular flexibility index (Phi) is 6.86. The second-order valence-electron chi connectivity index (χ2n) is 11.3. The molecule has 5 nitrogen and oxygen atoms in total. The van der Waals surface area contributed by atoms with Crippen LogP contribution < -0.4 is 5.32 Å². The Morgan fingerprint density at radius 3 is 2.68 bits per heavy atom. The van der Waals surface area contributed by atoms with Gasteiger partial charge in [0.05, 0.1) is 7.11 Å². The highest BCUT2D eigenvalue weighted by Crippen LogP contribution is 2.60. The number of imide groups is 1. The first-order valence-corrected chi connectivity index (χ1v) is 13.5. The summed E-state index contributed by atoms with van der Waals surface area (Å²) >= 11 is 0. The van der Waals surface area contributed by atoms with E-state index in [0.717, 1.165) is 55.7 Å². The molecule has 0 aromatic carbocycles. The van der Waals surface area contributed by atoms with E-state index in [2.05, 4.69) is 24.0 Å². The summed E-state index contributed by atoms with van der Waals surface area (Å²) in [7, 11) is 1.77. The molecule has 2 saturated carbocycles. The van der Waals surface area contributed by atoms with E-state index in [9.17, 15) is 9.59 Å². The number of nitrogens with one attached hydrogen (secondary N) is 1. The molecule has 34 heavy (non-hydrogen) atoms. The monoisotopic (exact) mass is 464 g/mol. The summed E-state index contributed by atoms with van der Waals surface area (Å²) in [5.41, 5.74) is 7.05. The third-order valence-corrected chi connectivity index (χ3v) is 9.63. The van der Waals surface area contributed by atoms with Crippen molar-refractivity contribution in [3.63, 3.8) is 0 Å². The number of allylic oxidation sites excluding steroid dienone is 2. The maximum absolute atomic E-state index is 11.6. The van der Waals surface area contributed by atoms with E-state index in [0.29, 0.717) is 18.0 Å². The second-order valence-corrected chi connectivity index (χ2v) is 11.3. The predicted octanol–water partition coefficient (Wildman–Crippen LogP) is 5.05. The van der Waals surface area contributed by atoms with Gasteiger partial charge in [-0.2, -0.15) is 0 Å². The van der Waals surface area contributed by atoms with Crippen LogP contribution in [-0.4, -0.2) is 43.0 Å². The number of hydrogen-bond acceptors (Lipinski definition) is 4. The Morgan fingerprint density at radius 1 is 1.09 bits per heavy atom. The standard InChI is InChI=1S/C29H40N2O3/c1-29-16-15-23-22-10-8-21(34-2)19-20(22)7-9-24(23)25(29)11-12-26(29)30-17-5-3-4-6-18-31-27(32)13-14-28(31)33/h10,13-14,23-26,30H,3-7,9,11-12,15-19H2,1-2H3/t23?,24?,25?,26-,29-/m0/s1. The minimum atomic E-state index is -0.161. The first-order valence-electron chi connectivity index (χ1n) is 13.5. The zero-order valence-corrected chi connectivity index (χ0v) is 20.9. The van der Waals surface area contributed by atoms with Crippen molar-refractivity contribution in [2.75, 3.05) is 20.2 Å². The van der Waals surface area contributed by atoms with Gasteiger partial charge in [-0.3, -0.25) is 14.5 Å². The highest BCUT2D eigenvalue weighted by molar-refractivity contribution is 6.12. The zero-order valence-electron chi connectivity index (χ0n) is 20.9. The van der Waals surface area contributed by atoms with Gasteiger partial charge in [0.1, 0.15) is 5.76 Å². The van der Waals surface area contributed by atoms with Gasteiger partial charge in [0.2, 0.25) is 0 Å². The summed E-state index contributed by atoms with van der Waals surface area (Å²) in [6.07, 6.45) is 18.2. The average Bonchev–Trinajstić information content (AvgIpc) is 3.36. The molecular formula is C29H40N2O3. The molecule has 5 atom stereocenters. The first kappa shape index (κ1) is 23.6. The topological polar surface area (TPSA) is 58.6 Å². The van der Waals surface area contributed by atoms with E-state index >= 15 is 0 Å². The van der Waals surface area contributed by atoms with Crippen molar-refractivity contribution in [2.24, 2.45) is 23.2 Å².